The van der Waals surface area contributed by atoms with Gasteiger partial charge in [-0.1, -0.05) is 48.5 Å². The molecule has 13 nitrogen and oxygen atoms in total. The molecule has 15 heteroatoms. The maximum atomic E-state index is 13.6. The zero-order chi connectivity index (χ0) is 37.8. The van der Waals surface area contributed by atoms with Crippen LogP contribution in [0.2, 0.25) is 0 Å². The van der Waals surface area contributed by atoms with Crippen molar-refractivity contribution in [2.24, 2.45) is 4.99 Å². The summed E-state index contributed by atoms with van der Waals surface area (Å²) in [5, 5.41) is 25.0. The standard InChI is InChI=1S/C38H50N8O5S2/c1-43(2)21-18-31(28-52-33-12-8-5-9-13-33)41-35-15-14-34(26-36(35)46(47)48)53(49,50)42-37(40-29-39)45-24-22-44(23-25-45)32-16-19-38(51-3,20-17-32)27-30-10-6-4-7-11-30/h4-15,26,31-32,41H,16-25,27-28H2,1-3H3,(H,40,42)/t31-,32?,38?/m1/s1. The van der Waals surface area contributed by atoms with Gasteiger partial charge in [-0.2, -0.15) is 5.26 Å². The largest absolute Gasteiger partial charge is 0.378 e. The number of nitro benzene ring substituents is 1. The molecule has 2 fully saturated rings. The van der Waals surface area contributed by atoms with Gasteiger partial charge in [0.1, 0.15) is 5.69 Å². The van der Waals surface area contributed by atoms with Gasteiger partial charge in [0.25, 0.3) is 15.7 Å². The van der Waals surface area contributed by atoms with E-state index in [1.165, 1.54) is 17.7 Å². The molecule has 1 saturated carbocycles. The second-order valence-corrected chi connectivity index (χ2v) is 16.7. The van der Waals surface area contributed by atoms with E-state index >= 15 is 0 Å². The van der Waals surface area contributed by atoms with Crippen LogP contribution in [0.5, 0.6) is 0 Å². The first-order valence-electron chi connectivity index (χ1n) is 18.0. The normalized spacial score (nSPS) is 20.5. The van der Waals surface area contributed by atoms with Crippen LogP contribution < -0.4 is 10.0 Å². The Hall–Kier alpha value is -4.20. The van der Waals surface area contributed by atoms with Crippen LogP contribution in [0, 0.1) is 21.6 Å². The van der Waals surface area contributed by atoms with Gasteiger partial charge in [-0.05, 0) is 82.6 Å². The highest BCUT2D eigenvalue weighted by atomic mass is 32.2. The lowest BCUT2D eigenvalue weighted by atomic mass is 9.77. The first-order chi connectivity index (χ1) is 25.5. The van der Waals surface area contributed by atoms with E-state index in [9.17, 15) is 23.8 Å². The highest BCUT2D eigenvalue weighted by molar-refractivity contribution is 7.99. The van der Waals surface area contributed by atoms with E-state index in [-0.39, 0.29) is 33.9 Å². The maximum Gasteiger partial charge on any atom is 0.293 e. The number of hydrogen-bond donors (Lipinski definition) is 2. The minimum atomic E-state index is -4.32. The molecule has 5 rings (SSSR count). The van der Waals surface area contributed by atoms with Crippen molar-refractivity contribution in [3.05, 3.63) is 94.5 Å². The number of piperazine rings is 1. The van der Waals surface area contributed by atoms with Crippen molar-refractivity contribution >= 4 is 39.1 Å². The fraction of sp³-hybridized carbons (Fsp3) is 0.474. The summed E-state index contributed by atoms with van der Waals surface area (Å²) in [4.78, 5) is 22.5. The number of guanidine groups is 1. The third-order valence-electron chi connectivity index (χ3n) is 10.1. The Morgan fingerprint density at radius 1 is 1.08 bits per heavy atom. The van der Waals surface area contributed by atoms with E-state index in [0.29, 0.717) is 38.0 Å². The molecular weight excluding hydrogens is 713 g/mol. The van der Waals surface area contributed by atoms with Gasteiger partial charge in [-0.25, -0.2) is 13.1 Å². The lowest BCUT2D eigenvalue weighted by Crippen LogP contribution is -2.56. The van der Waals surface area contributed by atoms with Gasteiger partial charge in [0, 0.05) is 68.5 Å². The summed E-state index contributed by atoms with van der Waals surface area (Å²) in [5.41, 5.74) is 0.976. The van der Waals surface area contributed by atoms with Crippen molar-refractivity contribution in [3.8, 4) is 6.19 Å². The first kappa shape index (κ1) is 40.0. The summed E-state index contributed by atoms with van der Waals surface area (Å²) in [7, 11) is 1.42. The summed E-state index contributed by atoms with van der Waals surface area (Å²) in [5.74, 6) is 0.560. The third kappa shape index (κ3) is 11.2. The predicted octanol–water partition coefficient (Wildman–Crippen LogP) is 5.42. The van der Waals surface area contributed by atoms with Crippen molar-refractivity contribution in [2.75, 3.05) is 65.0 Å². The van der Waals surface area contributed by atoms with Crippen LogP contribution in [0.1, 0.15) is 37.7 Å². The molecular formula is C38H50N8O5S2. The second-order valence-electron chi connectivity index (χ2n) is 13.9. The van der Waals surface area contributed by atoms with Crippen LogP contribution in [0.25, 0.3) is 0 Å². The lowest BCUT2D eigenvalue weighted by molar-refractivity contribution is -0.384. The molecule has 0 bridgehead atoms. The van der Waals surface area contributed by atoms with Crippen LogP contribution in [0.15, 0.2) is 93.6 Å². The van der Waals surface area contributed by atoms with Crippen molar-refractivity contribution in [3.63, 3.8) is 0 Å². The van der Waals surface area contributed by atoms with Gasteiger partial charge in [0.2, 0.25) is 12.2 Å². The fourth-order valence-corrected chi connectivity index (χ4v) is 9.13. The fourth-order valence-electron chi connectivity index (χ4n) is 7.09. The number of nitro groups is 1. The summed E-state index contributed by atoms with van der Waals surface area (Å²) in [6, 6.07) is 24.4. The summed E-state index contributed by atoms with van der Waals surface area (Å²) in [6.07, 6.45) is 7.22. The molecule has 0 aromatic heterocycles. The summed E-state index contributed by atoms with van der Waals surface area (Å²) < 4.78 is 35.8. The van der Waals surface area contributed by atoms with Gasteiger partial charge in [0.05, 0.1) is 15.4 Å². The third-order valence-corrected chi connectivity index (χ3v) is 12.6. The summed E-state index contributed by atoms with van der Waals surface area (Å²) >= 11 is 1.65. The van der Waals surface area contributed by atoms with Crippen LogP contribution in [0.4, 0.5) is 11.4 Å². The van der Waals surface area contributed by atoms with E-state index in [4.69, 9.17) is 4.74 Å². The maximum absolute atomic E-state index is 13.6. The van der Waals surface area contributed by atoms with E-state index < -0.39 is 14.9 Å². The molecule has 284 valence electrons. The Bertz CT molecular complexity index is 1820. The zero-order valence-corrected chi connectivity index (χ0v) is 32.3. The lowest BCUT2D eigenvalue weighted by Gasteiger charge is -2.45. The minimum Gasteiger partial charge on any atom is -0.378 e. The molecule has 2 aliphatic rings. The van der Waals surface area contributed by atoms with E-state index in [0.717, 1.165) is 56.0 Å². The SMILES string of the molecule is COC1(Cc2ccccc2)CCC(N2CCN(/C(=N/C#N)NS(=O)(=O)c3ccc(N[C@H](CCN(C)C)CSc4ccccc4)c([N+](=O)[O-])c3)CC2)CC1. The second kappa shape index (κ2) is 18.7. The number of aliphatic imine (C=N–C) groups is 1. The Kier molecular flexibility index (Phi) is 14.1. The number of ether oxygens (including phenoxy) is 1. The number of nitriles is 1. The number of rotatable bonds is 15. The van der Waals surface area contributed by atoms with Crippen LogP contribution >= 0.6 is 11.8 Å². The molecule has 3 aromatic carbocycles. The Balaban J connectivity index is 1.21. The molecule has 53 heavy (non-hydrogen) atoms. The van der Waals surface area contributed by atoms with E-state index in [1.807, 2.05) is 55.4 Å². The molecule has 1 atom stereocenters. The van der Waals surface area contributed by atoms with Crippen LogP contribution in [-0.2, 0) is 21.2 Å². The number of methoxy groups -OCH3 is 1. The van der Waals surface area contributed by atoms with Crippen molar-refractivity contribution in [1.82, 2.24) is 19.4 Å². The number of nitrogens with one attached hydrogen (secondary N) is 2. The highest BCUT2D eigenvalue weighted by Crippen LogP contribution is 2.37. The molecule has 0 spiro atoms. The Labute approximate surface area is 317 Å². The Morgan fingerprint density at radius 3 is 2.34 bits per heavy atom. The van der Waals surface area contributed by atoms with Gasteiger partial charge >= 0.3 is 0 Å². The highest BCUT2D eigenvalue weighted by Gasteiger charge is 2.38. The average molecular weight is 763 g/mol. The van der Waals surface area contributed by atoms with Crippen LogP contribution in [-0.4, -0.2) is 111 Å². The first-order valence-corrected chi connectivity index (χ1v) is 20.4. The molecule has 1 aliphatic heterocycles. The number of thioether (sulfide) groups is 1. The molecule has 3 aromatic rings. The number of sulfonamides is 1. The number of hydrogen-bond acceptors (Lipinski definition) is 11. The molecule has 2 N–H and O–H groups in total. The van der Waals surface area contributed by atoms with Crippen LogP contribution in [0.3, 0.4) is 0 Å². The van der Waals surface area contributed by atoms with E-state index in [2.05, 4.69) is 44.2 Å². The Morgan fingerprint density at radius 2 is 1.74 bits per heavy atom. The zero-order valence-electron chi connectivity index (χ0n) is 30.7. The van der Waals surface area contributed by atoms with Crippen molar-refractivity contribution in [2.45, 2.75) is 66.0 Å². The molecule has 0 unspecified atom stereocenters. The van der Waals surface area contributed by atoms with Gasteiger partial charge in [-0.3, -0.25) is 15.0 Å². The van der Waals surface area contributed by atoms with Gasteiger partial charge < -0.3 is 19.9 Å². The summed E-state index contributed by atoms with van der Waals surface area (Å²) in [6.45, 7) is 3.06. The van der Waals surface area contributed by atoms with E-state index in [1.54, 1.807) is 30.0 Å². The smallest absolute Gasteiger partial charge is 0.293 e. The predicted molar refractivity (Wildman–Crippen MR) is 210 cm³/mol. The molecule has 1 heterocycles. The monoisotopic (exact) mass is 762 g/mol. The minimum absolute atomic E-state index is 0.0939. The molecule has 1 saturated heterocycles. The van der Waals surface area contributed by atoms with Gasteiger partial charge in [-0.15, -0.1) is 16.8 Å². The molecule has 0 amide bonds. The van der Waals surface area contributed by atoms with Crippen molar-refractivity contribution < 1.29 is 18.1 Å². The number of benzene rings is 3. The molecule has 1 aliphatic carbocycles. The van der Waals surface area contributed by atoms with Gasteiger partial charge in [0.15, 0.2) is 0 Å². The molecule has 0 radical (unpaired) electrons. The number of anilines is 1. The topological polar surface area (TPSA) is 156 Å². The average Bonchev–Trinajstić information content (AvgIpc) is 3.16. The van der Waals surface area contributed by atoms with Crippen molar-refractivity contribution in [1.29, 1.82) is 5.26 Å². The number of nitrogens with zero attached hydrogens (tertiary/aromatic N) is 6. The quantitative estimate of drug-likeness (QED) is 0.0509.